The zero-order valence-electron chi connectivity index (χ0n) is 18.0. The second-order valence-corrected chi connectivity index (χ2v) is 9.50. The van der Waals surface area contributed by atoms with E-state index in [0.29, 0.717) is 15.1 Å². The second kappa shape index (κ2) is 10.1. The molecular formula is C24H26N2O3S2. The van der Waals surface area contributed by atoms with E-state index in [9.17, 15) is 9.59 Å². The first-order valence-corrected chi connectivity index (χ1v) is 11.3. The van der Waals surface area contributed by atoms with Gasteiger partial charge in [0.2, 0.25) is 5.91 Å². The third kappa shape index (κ3) is 5.74. The highest BCUT2D eigenvalue weighted by Crippen LogP contribution is 2.32. The predicted molar refractivity (Wildman–Crippen MR) is 130 cm³/mol. The molecule has 1 aliphatic heterocycles. The monoisotopic (exact) mass is 454 g/mol. The molecule has 1 atom stereocenters. The summed E-state index contributed by atoms with van der Waals surface area (Å²) >= 11 is 6.49. The van der Waals surface area contributed by atoms with Crippen LogP contribution in [0.1, 0.15) is 43.4 Å². The summed E-state index contributed by atoms with van der Waals surface area (Å²) in [5, 5.41) is 1.15. The van der Waals surface area contributed by atoms with Crippen molar-refractivity contribution in [1.29, 1.82) is 0 Å². The van der Waals surface area contributed by atoms with Gasteiger partial charge in [0.15, 0.2) is 4.32 Å². The van der Waals surface area contributed by atoms with E-state index in [2.05, 4.69) is 31.4 Å². The fourth-order valence-electron chi connectivity index (χ4n) is 3.19. The van der Waals surface area contributed by atoms with Gasteiger partial charge in [-0.15, -0.1) is 0 Å². The van der Waals surface area contributed by atoms with Gasteiger partial charge < -0.3 is 4.74 Å². The van der Waals surface area contributed by atoms with Gasteiger partial charge in [0.25, 0.3) is 5.91 Å². The lowest BCUT2D eigenvalue weighted by Gasteiger charge is -2.19. The van der Waals surface area contributed by atoms with E-state index in [1.807, 2.05) is 43.3 Å². The number of hydrogen-bond donors (Lipinski definition) is 1. The van der Waals surface area contributed by atoms with Crippen LogP contribution in [0, 0.1) is 5.92 Å². The maximum atomic E-state index is 12.8. The topological polar surface area (TPSA) is 58.6 Å². The van der Waals surface area contributed by atoms with Crippen molar-refractivity contribution in [2.45, 2.75) is 33.1 Å². The largest absolute Gasteiger partial charge is 0.497 e. The van der Waals surface area contributed by atoms with Crippen LogP contribution in [0.25, 0.3) is 6.08 Å². The van der Waals surface area contributed by atoms with E-state index in [4.69, 9.17) is 17.0 Å². The van der Waals surface area contributed by atoms with Gasteiger partial charge in [0.05, 0.1) is 17.9 Å². The first-order chi connectivity index (χ1) is 14.8. The predicted octanol–water partition coefficient (Wildman–Crippen LogP) is 4.93. The van der Waals surface area contributed by atoms with Crippen LogP contribution in [-0.2, 0) is 16.0 Å². The Morgan fingerprint density at radius 2 is 1.77 bits per heavy atom. The highest BCUT2D eigenvalue weighted by molar-refractivity contribution is 8.26. The van der Waals surface area contributed by atoms with Crippen molar-refractivity contribution in [3.8, 4) is 5.75 Å². The fraction of sp³-hybridized carbons (Fsp3) is 0.292. The van der Waals surface area contributed by atoms with Gasteiger partial charge in [0, 0.05) is 0 Å². The molecule has 162 valence electrons. The molecule has 7 heteroatoms. The Kier molecular flexibility index (Phi) is 7.51. The van der Waals surface area contributed by atoms with Gasteiger partial charge >= 0.3 is 0 Å². The summed E-state index contributed by atoms with van der Waals surface area (Å²) < 4.78 is 5.45. The number of methoxy groups -OCH3 is 1. The highest BCUT2D eigenvalue weighted by Gasteiger charge is 2.34. The number of nitrogens with zero attached hydrogens (tertiary/aromatic N) is 1. The highest BCUT2D eigenvalue weighted by atomic mass is 32.2. The molecule has 0 aromatic heterocycles. The zero-order chi connectivity index (χ0) is 22.5. The number of carbonyl (C=O) groups excluding carboxylic acids is 2. The van der Waals surface area contributed by atoms with E-state index < -0.39 is 5.92 Å². The van der Waals surface area contributed by atoms with Crippen molar-refractivity contribution in [2.75, 3.05) is 7.11 Å². The second-order valence-electron chi connectivity index (χ2n) is 7.83. The molecule has 0 bridgehead atoms. The summed E-state index contributed by atoms with van der Waals surface area (Å²) in [4.78, 5) is 26.0. The van der Waals surface area contributed by atoms with Crippen LogP contribution < -0.4 is 10.2 Å². The average Bonchev–Trinajstić information content (AvgIpc) is 3.01. The quantitative estimate of drug-likeness (QED) is 0.475. The van der Waals surface area contributed by atoms with E-state index in [0.717, 1.165) is 28.3 Å². The van der Waals surface area contributed by atoms with Gasteiger partial charge in [-0.1, -0.05) is 62.0 Å². The summed E-state index contributed by atoms with van der Waals surface area (Å²) in [5.74, 6) is 0.287. The lowest BCUT2D eigenvalue weighted by molar-refractivity contribution is -0.133. The minimum absolute atomic E-state index is 0.279. The van der Waals surface area contributed by atoms with Crippen LogP contribution in [0.4, 0.5) is 0 Å². The molecule has 0 saturated carbocycles. The van der Waals surface area contributed by atoms with Crippen LogP contribution in [0.15, 0.2) is 53.4 Å². The molecule has 1 N–H and O–H groups in total. The number of hydrogen-bond acceptors (Lipinski definition) is 5. The minimum atomic E-state index is -0.414. The molecule has 1 saturated heterocycles. The van der Waals surface area contributed by atoms with Gasteiger partial charge in [-0.25, -0.2) is 0 Å². The van der Waals surface area contributed by atoms with E-state index >= 15 is 0 Å². The van der Waals surface area contributed by atoms with Crippen molar-refractivity contribution in [3.05, 3.63) is 70.1 Å². The summed E-state index contributed by atoms with van der Waals surface area (Å²) in [5.41, 5.74) is 5.66. The van der Waals surface area contributed by atoms with E-state index in [1.54, 1.807) is 13.2 Å². The Balaban J connectivity index is 1.67. The van der Waals surface area contributed by atoms with Crippen LogP contribution in [0.2, 0.25) is 0 Å². The molecule has 2 aromatic carbocycles. The fourth-order valence-corrected chi connectivity index (χ4v) is 4.37. The Labute approximate surface area is 192 Å². The summed E-state index contributed by atoms with van der Waals surface area (Å²) in [6.07, 6.45) is 2.75. The van der Waals surface area contributed by atoms with Gasteiger partial charge in [0.1, 0.15) is 5.75 Å². The van der Waals surface area contributed by atoms with Crippen molar-refractivity contribution in [3.63, 3.8) is 0 Å². The Bertz CT molecular complexity index is 998. The maximum absolute atomic E-state index is 12.8. The number of benzene rings is 2. The number of ether oxygens (including phenoxy) is 1. The van der Waals surface area contributed by atoms with Gasteiger partial charge in [-0.2, -0.15) is 5.01 Å². The van der Waals surface area contributed by atoms with Crippen LogP contribution in [-0.4, -0.2) is 28.3 Å². The molecule has 0 aliphatic carbocycles. The molecule has 31 heavy (non-hydrogen) atoms. The number of amides is 2. The van der Waals surface area contributed by atoms with E-state index in [1.165, 1.54) is 17.3 Å². The lowest BCUT2D eigenvalue weighted by atomic mass is 9.96. The third-order valence-electron chi connectivity index (χ3n) is 4.95. The molecule has 2 aromatic rings. The average molecular weight is 455 g/mol. The van der Waals surface area contributed by atoms with Crippen molar-refractivity contribution in [2.24, 2.45) is 5.92 Å². The summed E-state index contributed by atoms with van der Waals surface area (Å²) in [7, 11) is 1.60. The lowest BCUT2D eigenvalue weighted by Crippen LogP contribution is -2.46. The van der Waals surface area contributed by atoms with Crippen LogP contribution in [0.5, 0.6) is 5.75 Å². The number of thioether (sulfide) groups is 1. The zero-order valence-corrected chi connectivity index (χ0v) is 19.7. The van der Waals surface area contributed by atoms with Gasteiger partial charge in [-0.3, -0.25) is 15.0 Å². The number of hydrazine groups is 1. The number of rotatable bonds is 7. The molecule has 0 spiro atoms. The van der Waals surface area contributed by atoms with Crippen LogP contribution in [0.3, 0.4) is 0 Å². The van der Waals surface area contributed by atoms with Crippen molar-refractivity contribution >= 4 is 46.2 Å². The molecule has 3 rings (SSSR count). The summed E-state index contributed by atoms with van der Waals surface area (Å²) in [6, 6.07) is 15.4. The Morgan fingerprint density at radius 3 is 2.35 bits per heavy atom. The molecule has 1 heterocycles. The van der Waals surface area contributed by atoms with E-state index in [-0.39, 0.29) is 11.8 Å². The Morgan fingerprint density at radius 1 is 1.13 bits per heavy atom. The molecule has 0 radical (unpaired) electrons. The normalized spacial score (nSPS) is 16.2. The summed E-state index contributed by atoms with van der Waals surface area (Å²) in [6.45, 7) is 6.17. The smallest absolute Gasteiger partial charge is 0.285 e. The molecule has 2 amide bonds. The Hall–Kier alpha value is -2.64. The van der Waals surface area contributed by atoms with Crippen molar-refractivity contribution < 1.29 is 14.3 Å². The van der Waals surface area contributed by atoms with Crippen LogP contribution >= 0.6 is 24.0 Å². The number of carbonyl (C=O) groups is 2. The third-order valence-corrected chi connectivity index (χ3v) is 6.25. The first-order valence-electron chi connectivity index (χ1n) is 10.1. The molecule has 1 fully saturated rings. The van der Waals surface area contributed by atoms with Gasteiger partial charge in [-0.05, 0) is 66.4 Å². The first kappa shape index (κ1) is 23.0. The molecule has 5 nitrogen and oxygen atoms in total. The molecule has 1 unspecified atom stereocenters. The standard InChI is InChI=1S/C24H26N2O3S2/c1-15(2)13-17-5-9-19(10-6-17)16(3)22(27)25-26-23(28)21(31-24(26)30)14-18-7-11-20(29-4)12-8-18/h5-12,14-16H,13H2,1-4H3,(H,25,27)/b21-14-. The number of nitrogens with one attached hydrogen (secondary N) is 1. The van der Waals surface area contributed by atoms with Crippen molar-refractivity contribution in [1.82, 2.24) is 10.4 Å². The number of thiocarbonyl (C=S) groups is 1. The molecular weight excluding hydrogens is 428 g/mol. The maximum Gasteiger partial charge on any atom is 0.285 e. The SMILES string of the molecule is COc1ccc(/C=C2\SC(=S)N(NC(=O)C(C)c3ccc(CC(C)C)cc3)C2=O)cc1. The molecule has 1 aliphatic rings. The minimum Gasteiger partial charge on any atom is -0.497 e.